The first-order valence-electron chi connectivity index (χ1n) is 6.35. The topological polar surface area (TPSA) is 46.2 Å². The molecule has 1 unspecified atom stereocenters. The summed E-state index contributed by atoms with van der Waals surface area (Å²) in [6.07, 6.45) is 0. The molecule has 0 bridgehead atoms. The maximum Gasteiger partial charge on any atom is 0.341 e. The molecule has 0 saturated heterocycles. The summed E-state index contributed by atoms with van der Waals surface area (Å²) in [6.45, 7) is 1.83. The smallest absolute Gasteiger partial charge is 0.341 e. The lowest BCUT2D eigenvalue weighted by Crippen LogP contribution is -2.15. The molecule has 3 nitrogen and oxygen atoms in total. The number of hydrogen-bond donors (Lipinski definition) is 1. The van der Waals surface area contributed by atoms with E-state index in [9.17, 15) is 17.2 Å². The molecule has 1 N–H and O–H groups in total. The number of sulfone groups is 1. The van der Waals surface area contributed by atoms with Crippen molar-refractivity contribution in [3.63, 3.8) is 0 Å². The van der Waals surface area contributed by atoms with Crippen molar-refractivity contribution in [2.45, 2.75) is 23.6 Å². The van der Waals surface area contributed by atoms with E-state index in [0.29, 0.717) is 0 Å². The second kappa shape index (κ2) is 6.22. The third-order valence-electron chi connectivity index (χ3n) is 3.10. The van der Waals surface area contributed by atoms with Crippen LogP contribution in [0.15, 0.2) is 59.5 Å². The van der Waals surface area contributed by atoms with Crippen molar-refractivity contribution in [2.75, 3.05) is 5.32 Å². The first-order chi connectivity index (χ1) is 9.93. The van der Waals surface area contributed by atoms with Gasteiger partial charge in [-0.05, 0) is 24.6 Å². The van der Waals surface area contributed by atoms with E-state index in [1.807, 2.05) is 37.3 Å². The number of halogens is 2. The second-order valence-electron chi connectivity index (χ2n) is 4.58. The summed E-state index contributed by atoms with van der Waals surface area (Å²) >= 11 is 0. The zero-order chi connectivity index (χ0) is 15.5. The van der Waals surface area contributed by atoms with Gasteiger partial charge >= 0.3 is 5.76 Å². The molecule has 2 aromatic rings. The van der Waals surface area contributed by atoms with Gasteiger partial charge in [0.15, 0.2) is 0 Å². The molecule has 0 heterocycles. The molecule has 0 radical (unpaired) electrons. The molecule has 0 spiro atoms. The Morgan fingerprint density at radius 3 is 2.14 bits per heavy atom. The highest BCUT2D eigenvalue weighted by molar-refractivity contribution is 7.91. The van der Waals surface area contributed by atoms with E-state index in [2.05, 4.69) is 5.32 Å². The number of hydrogen-bond acceptors (Lipinski definition) is 3. The highest BCUT2D eigenvalue weighted by atomic mass is 32.2. The normalized spacial score (nSPS) is 13.1. The zero-order valence-electron chi connectivity index (χ0n) is 11.3. The number of nitrogens with one attached hydrogen (secondary N) is 1. The van der Waals surface area contributed by atoms with Gasteiger partial charge in [0.2, 0.25) is 9.84 Å². The Bertz CT molecular complexity index is 703. The predicted molar refractivity (Wildman–Crippen MR) is 78.1 cm³/mol. The number of alkyl halides is 2. The summed E-state index contributed by atoms with van der Waals surface area (Å²) in [4.78, 5) is -0.386. The number of anilines is 1. The van der Waals surface area contributed by atoms with Gasteiger partial charge in [0.05, 0.1) is 10.6 Å². The van der Waals surface area contributed by atoms with Crippen molar-refractivity contribution in [1.29, 1.82) is 0 Å². The van der Waals surface area contributed by atoms with Crippen molar-refractivity contribution >= 4 is 15.5 Å². The Kier molecular flexibility index (Phi) is 4.57. The van der Waals surface area contributed by atoms with Gasteiger partial charge in [0, 0.05) is 6.04 Å². The lowest BCUT2D eigenvalue weighted by atomic mass is 10.1. The van der Waals surface area contributed by atoms with Gasteiger partial charge in [0.25, 0.3) is 0 Å². The van der Waals surface area contributed by atoms with Crippen molar-refractivity contribution in [3.8, 4) is 0 Å². The van der Waals surface area contributed by atoms with Crippen LogP contribution in [-0.4, -0.2) is 14.2 Å². The summed E-state index contributed by atoms with van der Waals surface area (Å²) in [7, 11) is -4.63. The van der Waals surface area contributed by atoms with E-state index in [1.165, 1.54) is 18.2 Å². The van der Waals surface area contributed by atoms with Crippen LogP contribution in [0.3, 0.4) is 0 Å². The van der Waals surface area contributed by atoms with Crippen LogP contribution in [0.1, 0.15) is 18.5 Å². The molecule has 112 valence electrons. The van der Waals surface area contributed by atoms with Crippen molar-refractivity contribution < 1.29 is 17.2 Å². The standard InChI is InChI=1S/C15H15F2NO2S/c1-11(12-7-3-2-4-8-12)18-13-9-5-6-10-14(13)21(19,20)15(16)17/h2-11,15,18H,1H3. The van der Waals surface area contributed by atoms with E-state index in [1.54, 1.807) is 6.07 Å². The van der Waals surface area contributed by atoms with E-state index in [4.69, 9.17) is 0 Å². The average Bonchev–Trinajstić information content (AvgIpc) is 2.48. The van der Waals surface area contributed by atoms with Crippen LogP contribution in [0.25, 0.3) is 0 Å². The fourth-order valence-corrected chi connectivity index (χ4v) is 2.88. The maximum absolute atomic E-state index is 12.7. The Labute approximate surface area is 122 Å². The first kappa shape index (κ1) is 15.4. The molecular formula is C15H15F2NO2S. The van der Waals surface area contributed by atoms with E-state index >= 15 is 0 Å². The Morgan fingerprint density at radius 2 is 1.52 bits per heavy atom. The molecule has 6 heteroatoms. The summed E-state index contributed by atoms with van der Waals surface area (Å²) in [6, 6.07) is 14.8. The van der Waals surface area contributed by atoms with Gasteiger partial charge in [-0.15, -0.1) is 0 Å². The molecule has 0 aliphatic carbocycles. The van der Waals surface area contributed by atoms with Crippen molar-refractivity contribution in [3.05, 3.63) is 60.2 Å². The van der Waals surface area contributed by atoms with Gasteiger partial charge < -0.3 is 5.32 Å². The molecule has 21 heavy (non-hydrogen) atoms. The lowest BCUT2D eigenvalue weighted by Gasteiger charge is -2.18. The molecule has 0 aliphatic rings. The quantitative estimate of drug-likeness (QED) is 0.912. The Morgan fingerprint density at radius 1 is 0.952 bits per heavy atom. The maximum atomic E-state index is 12.7. The Hall–Kier alpha value is -1.95. The van der Waals surface area contributed by atoms with Crippen LogP contribution >= 0.6 is 0 Å². The van der Waals surface area contributed by atoms with Gasteiger partial charge in [-0.3, -0.25) is 0 Å². The molecule has 0 aliphatic heterocycles. The van der Waals surface area contributed by atoms with Crippen LogP contribution < -0.4 is 5.32 Å². The molecule has 2 aromatic carbocycles. The minimum atomic E-state index is -4.63. The van der Waals surface area contributed by atoms with Crippen molar-refractivity contribution in [2.24, 2.45) is 0 Å². The SMILES string of the molecule is CC(Nc1ccccc1S(=O)(=O)C(F)F)c1ccccc1. The minimum Gasteiger partial charge on any atom is -0.377 e. The van der Waals surface area contributed by atoms with Crippen LogP contribution in [0.5, 0.6) is 0 Å². The predicted octanol–water partition coefficient (Wildman–Crippen LogP) is 3.86. The first-order valence-corrected chi connectivity index (χ1v) is 7.90. The highest BCUT2D eigenvalue weighted by Gasteiger charge is 2.29. The zero-order valence-corrected chi connectivity index (χ0v) is 12.1. The van der Waals surface area contributed by atoms with Gasteiger partial charge in [-0.2, -0.15) is 8.78 Å². The molecule has 0 saturated carbocycles. The summed E-state index contributed by atoms with van der Waals surface area (Å²) < 4.78 is 48.8. The van der Waals surface area contributed by atoms with Gasteiger partial charge in [0.1, 0.15) is 0 Å². The number of benzene rings is 2. The van der Waals surface area contributed by atoms with Crippen LogP contribution in [0.4, 0.5) is 14.5 Å². The second-order valence-corrected chi connectivity index (χ2v) is 6.46. The van der Waals surface area contributed by atoms with E-state index in [0.717, 1.165) is 5.56 Å². The lowest BCUT2D eigenvalue weighted by molar-refractivity contribution is 0.235. The monoisotopic (exact) mass is 311 g/mol. The molecule has 0 fully saturated rings. The third-order valence-corrected chi connectivity index (χ3v) is 4.54. The minimum absolute atomic E-state index is 0.175. The molecule has 2 rings (SSSR count). The summed E-state index contributed by atoms with van der Waals surface area (Å²) in [5.74, 6) is -3.44. The largest absolute Gasteiger partial charge is 0.377 e. The molecule has 0 amide bonds. The van der Waals surface area contributed by atoms with Crippen LogP contribution in [0.2, 0.25) is 0 Å². The molecular weight excluding hydrogens is 296 g/mol. The fraction of sp³-hybridized carbons (Fsp3) is 0.200. The van der Waals surface area contributed by atoms with Gasteiger partial charge in [-0.1, -0.05) is 42.5 Å². The Balaban J connectivity index is 2.34. The van der Waals surface area contributed by atoms with E-state index < -0.39 is 15.6 Å². The van der Waals surface area contributed by atoms with E-state index in [-0.39, 0.29) is 16.6 Å². The third kappa shape index (κ3) is 3.39. The van der Waals surface area contributed by atoms with Crippen LogP contribution in [0, 0.1) is 0 Å². The highest BCUT2D eigenvalue weighted by Crippen LogP contribution is 2.29. The van der Waals surface area contributed by atoms with Crippen molar-refractivity contribution in [1.82, 2.24) is 0 Å². The average molecular weight is 311 g/mol. The number of para-hydroxylation sites is 1. The van der Waals surface area contributed by atoms with Gasteiger partial charge in [-0.25, -0.2) is 8.42 Å². The summed E-state index contributed by atoms with van der Waals surface area (Å²) in [5.41, 5.74) is 1.11. The molecule has 0 aromatic heterocycles. The van der Waals surface area contributed by atoms with Crippen LogP contribution in [-0.2, 0) is 9.84 Å². The number of rotatable bonds is 5. The summed E-state index contributed by atoms with van der Waals surface area (Å²) in [5, 5.41) is 2.98. The fourth-order valence-electron chi connectivity index (χ4n) is 1.99. The molecule has 1 atom stereocenters.